The Kier molecular flexibility index (Phi) is 5.30. The first-order valence-corrected chi connectivity index (χ1v) is 6.93. The maximum Gasteiger partial charge on any atom is 0.246 e. The summed E-state index contributed by atoms with van der Waals surface area (Å²) in [6, 6.07) is 0. The van der Waals surface area contributed by atoms with Crippen molar-refractivity contribution in [2.24, 2.45) is 5.73 Å². The maximum atomic E-state index is 6.34. The molecule has 2 rings (SSSR count). The minimum atomic E-state index is -0.416. The van der Waals surface area contributed by atoms with Crippen LogP contribution in [0.5, 0.6) is 0 Å². The number of nitrogens with zero attached hydrogens (tertiary/aromatic N) is 2. The lowest BCUT2D eigenvalue weighted by Gasteiger charge is -2.29. The van der Waals surface area contributed by atoms with Gasteiger partial charge >= 0.3 is 0 Å². The van der Waals surface area contributed by atoms with Crippen molar-refractivity contribution in [3.8, 4) is 0 Å². The van der Waals surface area contributed by atoms with Gasteiger partial charge in [0.15, 0.2) is 5.82 Å². The molecule has 1 aliphatic rings. The molecular weight excluding hydrogens is 246 g/mol. The Labute approximate surface area is 113 Å². The van der Waals surface area contributed by atoms with Crippen LogP contribution in [0.2, 0.25) is 0 Å². The lowest BCUT2D eigenvalue weighted by Crippen LogP contribution is -2.39. The smallest absolute Gasteiger partial charge is 0.246 e. The van der Waals surface area contributed by atoms with E-state index in [2.05, 4.69) is 10.1 Å². The van der Waals surface area contributed by atoms with Crippen LogP contribution in [-0.4, -0.2) is 37.1 Å². The monoisotopic (exact) mass is 269 g/mol. The number of aromatic nitrogens is 2. The van der Waals surface area contributed by atoms with Gasteiger partial charge in [0.1, 0.15) is 0 Å². The molecule has 6 heteroatoms. The van der Waals surface area contributed by atoms with Crippen LogP contribution in [0.1, 0.15) is 43.8 Å². The Hall–Kier alpha value is -0.980. The topological polar surface area (TPSA) is 83.4 Å². The maximum absolute atomic E-state index is 6.34. The van der Waals surface area contributed by atoms with Gasteiger partial charge in [-0.1, -0.05) is 24.4 Å². The van der Waals surface area contributed by atoms with E-state index in [-0.39, 0.29) is 0 Å². The van der Waals surface area contributed by atoms with Crippen LogP contribution in [0.3, 0.4) is 0 Å². The number of hydrogen-bond donors (Lipinski definition) is 1. The first-order valence-electron chi connectivity index (χ1n) is 6.93. The van der Waals surface area contributed by atoms with Gasteiger partial charge in [0.2, 0.25) is 5.89 Å². The molecule has 1 aliphatic carbocycles. The Balaban J connectivity index is 1.81. The number of ether oxygens (including phenoxy) is 2. The molecule has 19 heavy (non-hydrogen) atoms. The average molecular weight is 269 g/mol. The highest BCUT2D eigenvalue weighted by Gasteiger charge is 2.34. The second kappa shape index (κ2) is 6.98. The van der Waals surface area contributed by atoms with Crippen molar-refractivity contribution in [2.45, 2.75) is 44.1 Å². The lowest BCUT2D eigenvalue weighted by molar-refractivity contribution is 0.0714. The van der Waals surface area contributed by atoms with Gasteiger partial charge in [-0.15, -0.1) is 0 Å². The first kappa shape index (κ1) is 14.4. The summed E-state index contributed by atoms with van der Waals surface area (Å²) in [5.74, 6) is 1.25. The van der Waals surface area contributed by atoms with Crippen molar-refractivity contribution < 1.29 is 14.0 Å². The Bertz CT molecular complexity index is 375. The summed E-state index contributed by atoms with van der Waals surface area (Å²) < 4.78 is 15.6. The molecule has 1 fully saturated rings. The highest BCUT2D eigenvalue weighted by molar-refractivity contribution is 5.03. The van der Waals surface area contributed by atoms with Gasteiger partial charge in [-0.25, -0.2) is 0 Å². The van der Waals surface area contributed by atoms with Crippen molar-refractivity contribution in [2.75, 3.05) is 26.9 Å². The molecule has 0 unspecified atom stereocenters. The zero-order chi connectivity index (χ0) is 13.6. The molecule has 108 valence electrons. The molecule has 1 heterocycles. The Morgan fingerprint density at radius 1 is 1.21 bits per heavy atom. The predicted molar refractivity (Wildman–Crippen MR) is 69.6 cm³/mol. The number of hydrogen-bond acceptors (Lipinski definition) is 6. The number of rotatable bonds is 7. The highest BCUT2D eigenvalue weighted by Crippen LogP contribution is 2.33. The standard InChI is InChI=1S/C13H23N3O3/c1-17-9-10-18-8-5-11-15-12(19-16-11)13(14)6-3-2-4-7-13/h2-10,14H2,1H3. The molecular formula is C13H23N3O3. The lowest BCUT2D eigenvalue weighted by atomic mass is 9.82. The molecule has 2 N–H and O–H groups in total. The van der Waals surface area contributed by atoms with Gasteiger partial charge in [0.05, 0.1) is 25.4 Å². The Morgan fingerprint density at radius 3 is 2.74 bits per heavy atom. The van der Waals surface area contributed by atoms with E-state index in [4.69, 9.17) is 19.7 Å². The fourth-order valence-corrected chi connectivity index (χ4v) is 2.36. The molecule has 1 saturated carbocycles. The summed E-state index contributed by atoms with van der Waals surface area (Å²) in [5.41, 5.74) is 5.93. The minimum absolute atomic E-state index is 0.416. The van der Waals surface area contributed by atoms with Crippen LogP contribution in [0.15, 0.2) is 4.52 Å². The van der Waals surface area contributed by atoms with Crippen LogP contribution in [-0.2, 0) is 21.4 Å². The van der Waals surface area contributed by atoms with Gasteiger partial charge in [-0.2, -0.15) is 4.98 Å². The third-order valence-electron chi connectivity index (χ3n) is 3.54. The van der Waals surface area contributed by atoms with E-state index < -0.39 is 5.54 Å². The molecule has 0 bridgehead atoms. The van der Waals surface area contributed by atoms with Crippen LogP contribution in [0.4, 0.5) is 0 Å². The quantitative estimate of drug-likeness (QED) is 0.753. The van der Waals surface area contributed by atoms with E-state index >= 15 is 0 Å². The molecule has 0 atom stereocenters. The van der Waals surface area contributed by atoms with Crippen LogP contribution in [0, 0.1) is 0 Å². The van der Waals surface area contributed by atoms with E-state index in [0.29, 0.717) is 38.0 Å². The van der Waals surface area contributed by atoms with E-state index in [0.717, 1.165) is 25.7 Å². The molecule has 1 aromatic rings. The number of nitrogens with two attached hydrogens (primary N) is 1. The highest BCUT2D eigenvalue weighted by atomic mass is 16.5. The average Bonchev–Trinajstić information content (AvgIpc) is 2.89. The van der Waals surface area contributed by atoms with E-state index in [1.807, 2.05) is 0 Å². The normalized spacial score (nSPS) is 18.6. The van der Waals surface area contributed by atoms with Gasteiger partial charge in [-0.05, 0) is 12.8 Å². The Morgan fingerprint density at radius 2 is 2.00 bits per heavy atom. The zero-order valence-electron chi connectivity index (χ0n) is 11.6. The molecule has 0 aliphatic heterocycles. The summed E-state index contributed by atoms with van der Waals surface area (Å²) in [6.45, 7) is 1.76. The molecule has 0 spiro atoms. The summed E-state index contributed by atoms with van der Waals surface area (Å²) in [4.78, 5) is 4.41. The molecule has 0 amide bonds. The van der Waals surface area contributed by atoms with Crippen molar-refractivity contribution in [3.63, 3.8) is 0 Å². The van der Waals surface area contributed by atoms with Gasteiger partial charge < -0.3 is 19.7 Å². The minimum Gasteiger partial charge on any atom is -0.382 e. The van der Waals surface area contributed by atoms with Crippen molar-refractivity contribution >= 4 is 0 Å². The third-order valence-corrected chi connectivity index (χ3v) is 3.54. The van der Waals surface area contributed by atoms with Gasteiger partial charge in [0, 0.05) is 13.5 Å². The van der Waals surface area contributed by atoms with Crippen LogP contribution >= 0.6 is 0 Å². The van der Waals surface area contributed by atoms with Crippen molar-refractivity contribution in [1.29, 1.82) is 0 Å². The van der Waals surface area contributed by atoms with E-state index in [1.54, 1.807) is 7.11 Å². The summed E-state index contributed by atoms with van der Waals surface area (Å²) >= 11 is 0. The molecule has 0 saturated heterocycles. The predicted octanol–water partition coefficient (Wildman–Crippen LogP) is 1.39. The fraction of sp³-hybridized carbons (Fsp3) is 0.846. The van der Waals surface area contributed by atoms with Crippen molar-refractivity contribution in [3.05, 3.63) is 11.7 Å². The second-order valence-corrected chi connectivity index (χ2v) is 5.09. The van der Waals surface area contributed by atoms with Gasteiger partial charge in [0.25, 0.3) is 0 Å². The molecule has 0 aromatic carbocycles. The third kappa shape index (κ3) is 3.99. The molecule has 6 nitrogen and oxygen atoms in total. The first-order chi connectivity index (χ1) is 9.24. The summed E-state index contributed by atoms with van der Waals surface area (Å²) in [5, 5.41) is 3.98. The van der Waals surface area contributed by atoms with E-state index in [9.17, 15) is 0 Å². The van der Waals surface area contributed by atoms with Crippen molar-refractivity contribution in [1.82, 2.24) is 10.1 Å². The molecule has 1 aromatic heterocycles. The fourth-order valence-electron chi connectivity index (χ4n) is 2.36. The van der Waals surface area contributed by atoms with Crippen LogP contribution < -0.4 is 5.73 Å². The molecule has 0 radical (unpaired) electrons. The van der Waals surface area contributed by atoms with E-state index in [1.165, 1.54) is 6.42 Å². The zero-order valence-corrected chi connectivity index (χ0v) is 11.6. The van der Waals surface area contributed by atoms with Gasteiger partial charge in [-0.3, -0.25) is 0 Å². The second-order valence-electron chi connectivity index (χ2n) is 5.09. The number of methoxy groups -OCH3 is 1. The largest absolute Gasteiger partial charge is 0.382 e. The summed E-state index contributed by atoms with van der Waals surface area (Å²) in [7, 11) is 1.65. The SMILES string of the molecule is COCCOCCc1noc(C2(N)CCCCC2)n1. The summed E-state index contributed by atoms with van der Waals surface area (Å²) in [6.07, 6.45) is 6.01. The van der Waals surface area contributed by atoms with Crippen LogP contribution in [0.25, 0.3) is 0 Å².